The van der Waals surface area contributed by atoms with Crippen LogP contribution in [0, 0.1) is 12.8 Å². The van der Waals surface area contributed by atoms with Crippen molar-refractivity contribution in [1.29, 1.82) is 0 Å². The first-order valence-corrected chi connectivity index (χ1v) is 10.8. The summed E-state index contributed by atoms with van der Waals surface area (Å²) in [5.41, 5.74) is 2.93. The maximum Gasteiger partial charge on any atom is 0.193 e. The van der Waals surface area contributed by atoms with Crippen LogP contribution >= 0.6 is 24.0 Å². The van der Waals surface area contributed by atoms with E-state index in [9.17, 15) is 0 Å². The predicted molar refractivity (Wildman–Crippen MR) is 130 cm³/mol. The average molecular weight is 515 g/mol. The number of aryl methyl sites for hydroxylation is 1. The Kier molecular flexibility index (Phi) is 10.2. The lowest BCUT2D eigenvalue weighted by atomic mass is 9.72. The van der Waals surface area contributed by atoms with Crippen LogP contribution in [0.3, 0.4) is 0 Å². The summed E-state index contributed by atoms with van der Waals surface area (Å²) in [7, 11) is 4.04. The molecule has 0 radical (unpaired) electrons. The third kappa shape index (κ3) is 6.56. The third-order valence-corrected chi connectivity index (χ3v) is 6.54. The van der Waals surface area contributed by atoms with Crippen LogP contribution in [0.25, 0.3) is 0 Å². The molecule has 2 heterocycles. The molecular formula is C23H38IN3O2. The van der Waals surface area contributed by atoms with Crippen molar-refractivity contribution in [1.82, 2.24) is 10.2 Å². The molecular weight excluding hydrogens is 477 g/mol. The van der Waals surface area contributed by atoms with Crippen molar-refractivity contribution in [3.05, 3.63) is 35.4 Å². The number of aliphatic imine (C=N–C) groups is 1. The third-order valence-electron chi connectivity index (χ3n) is 6.54. The standard InChI is InChI=1S/C23H37N3O2.HI/c1-19-6-4-5-7-21(19)23(11-16-28-17-12-23)18-25-22(24-2)26(3)13-8-20-9-14-27-15-10-20;/h4-7,20H,8-18H2,1-3H3,(H,24,25);1H. The van der Waals surface area contributed by atoms with Gasteiger partial charge < -0.3 is 19.7 Å². The SMILES string of the molecule is CN=C(NCC1(c2ccccc2C)CCOCC1)N(C)CCC1CCOCC1.I. The first-order valence-electron chi connectivity index (χ1n) is 10.8. The van der Waals surface area contributed by atoms with Crippen LogP contribution in [0.5, 0.6) is 0 Å². The summed E-state index contributed by atoms with van der Waals surface area (Å²) >= 11 is 0. The van der Waals surface area contributed by atoms with Crippen LogP contribution in [0.4, 0.5) is 0 Å². The molecule has 0 unspecified atom stereocenters. The highest BCUT2D eigenvalue weighted by Crippen LogP contribution is 2.36. The Morgan fingerprint density at radius 2 is 1.79 bits per heavy atom. The number of nitrogens with zero attached hydrogens (tertiary/aromatic N) is 2. The van der Waals surface area contributed by atoms with E-state index >= 15 is 0 Å². The zero-order chi connectivity index (χ0) is 19.8. The molecule has 29 heavy (non-hydrogen) atoms. The van der Waals surface area contributed by atoms with Crippen molar-refractivity contribution in [2.45, 2.75) is 44.4 Å². The Balaban J connectivity index is 0.00000300. The molecule has 6 heteroatoms. The molecule has 2 saturated heterocycles. The number of hydrogen-bond donors (Lipinski definition) is 1. The molecule has 0 aromatic heterocycles. The number of hydrogen-bond acceptors (Lipinski definition) is 3. The molecule has 0 spiro atoms. The molecule has 0 bridgehead atoms. The van der Waals surface area contributed by atoms with Crippen LogP contribution < -0.4 is 5.32 Å². The lowest BCUT2D eigenvalue weighted by Gasteiger charge is -2.40. The number of benzene rings is 1. The minimum absolute atomic E-state index is 0. The first kappa shape index (κ1) is 24.4. The Hall–Kier alpha value is -0.860. The number of rotatable bonds is 6. The van der Waals surface area contributed by atoms with E-state index in [4.69, 9.17) is 9.47 Å². The van der Waals surface area contributed by atoms with Gasteiger partial charge in [0.25, 0.3) is 0 Å². The molecule has 0 aliphatic carbocycles. The summed E-state index contributed by atoms with van der Waals surface area (Å²) < 4.78 is 11.2. The van der Waals surface area contributed by atoms with Crippen LogP contribution in [0.2, 0.25) is 0 Å². The largest absolute Gasteiger partial charge is 0.381 e. The molecule has 2 fully saturated rings. The number of guanidine groups is 1. The van der Waals surface area contributed by atoms with Crippen LogP contribution in [0.1, 0.15) is 43.2 Å². The van der Waals surface area contributed by atoms with E-state index in [1.165, 1.54) is 30.4 Å². The normalized spacial score (nSPS) is 20.0. The van der Waals surface area contributed by atoms with Crippen molar-refractivity contribution in [3.8, 4) is 0 Å². The van der Waals surface area contributed by atoms with E-state index < -0.39 is 0 Å². The van der Waals surface area contributed by atoms with Gasteiger partial charge >= 0.3 is 0 Å². The maximum atomic E-state index is 5.69. The molecule has 0 atom stereocenters. The van der Waals surface area contributed by atoms with Crippen LogP contribution in [0.15, 0.2) is 29.3 Å². The van der Waals surface area contributed by atoms with E-state index in [1.807, 2.05) is 7.05 Å². The van der Waals surface area contributed by atoms with Gasteiger partial charge in [-0.05, 0) is 56.1 Å². The fraction of sp³-hybridized carbons (Fsp3) is 0.696. The summed E-state index contributed by atoms with van der Waals surface area (Å²) in [6, 6.07) is 8.80. The lowest BCUT2D eigenvalue weighted by molar-refractivity contribution is 0.0509. The zero-order valence-electron chi connectivity index (χ0n) is 18.3. The van der Waals surface area contributed by atoms with Crippen LogP contribution in [-0.2, 0) is 14.9 Å². The number of ether oxygens (including phenoxy) is 2. The van der Waals surface area contributed by atoms with Gasteiger partial charge in [0.15, 0.2) is 5.96 Å². The molecule has 2 aliphatic rings. The van der Waals surface area contributed by atoms with Gasteiger partial charge in [0.2, 0.25) is 0 Å². The summed E-state index contributed by atoms with van der Waals surface area (Å²) in [6.07, 6.45) is 5.69. The minimum atomic E-state index is 0. The first-order chi connectivity index (χ1) is 13.6. The number of halogens is 1. The van der Waals surface area contributed by atoms with E-state index in [0.29, 0.717) is 0 Å². The van der Waals surface area contributed by atoms with Gasteiger partial charge in [0.1, 0.15) is 0 Å². The maximum absolute atomic E-state index is 5.69. The summed E-state index contributed by atoms with van der Waals surface area (Å²) in [5, 5.41) is 3.69. The molecule has 2 aliphatic heterocycles. The minimum Gasteiger partial charge on any atom is -0.381 e. The second-order valence-electron chi connectivity index (χ2n) is 8.37. The lowest BCUT2D eigenvalue weighted by Crippen LogP contribution is -2.49. The van der Waals surface area contributed by atoms with Gasteiger partial charge in [0, 0.05) is 59.0 Å². The Morgan fingerprint density at radius 1 is 1.14 bits per heavy atom. The van der Waals surface area contributed by atoms with Gasteiger partial charge in [0.05, 0.1) is 0 Å². The fourth-order valence-corrected chi connectivity index (χ4v) is 4.62. The van der Waals surface area contributed by atoms with E-state index in [1.54, 1.807) is 0 Å². The quantitative estimate of drug-likeness (QED) is 0.354. The van der Waals surface area contributed by atoms with Gasteiger partial charge in [-0.1, -0.05) is 24.3 Å². The molecule has 0 amide bonds. The van der Waals surface area contributed by atoms with Crippen molar-refractivity contribution in [3.63, 3.8) is 0 Å². The van der Waals surface area contributed by atoms with Crippen molar-refractivity contribution in [2.75, 3.05) is 53.6 Å². The highest BCUT2D eigenvalue weighted by atomic mass is 127. The summed E-state index contributed by atoms with van der Waals surface area (Å²) in [4.78, 5) is 6.84. The van der Waals surface area contributed by atoms with Gasteiger partial charge in [-0.2, -0.15) is 0 Å². The van der Waals surface area contributed by atoms with Crippen LogP contribution in [-0.4, -0.2) is 64.5 Å². The second kappa shape index (κ2) is 12.1. The average Bonchev–Trinajstić information content (AvgIpc) is 2.74. The Morgan fingerprint density at radius 3 is 2.45 bits per heavy atom. The summed E-state index contributed by atoms with van der Waals surface area (Å²) in [6.45, 7) is 7.65. The smallest absolute Gasteiger partial charge is 0.193 e. The van der Waals surface area contributed by atoms with Crippen molar-refractivity contribution >= 4 is 29.9 Å². The molecule has 5 nitrogen and oxygen atoms in total. The zero-order valence-corrected chi connectivity index (χ0v) is 20.6. The van der Waals surface area contributed by atoms with Gasteiger partial charge in [-0.15, -0.1) is 24.0 Å². The van der Waals surface area contributed by atoms with Gasteiger partial charge in [-0.25, -0.2) is 0 Å². The van der Waals surface area contributed by atoms with Gasteiger partial charge in [-0.3, -0.25) is 4.99 Å². The Labute approximate surface area is 193 Å². The molecule has 0 saturated carbocycles. The van der Waals surface area contributed by atoms with Crippen molar-refractivity contribution < 1.29 is 9.47 Å². The highest BCUT2D eigenvalue weighted by molar-refractivity contribution is 14.0. The molecule has 1 aromatic rings. The topological polar surface area (TPSA) is 46.1 Å². The predicted octanol–water partition coefficient (Wildman–Crippen LogP) is 3.99. The second-order valence-corrected chi connectivity index (χ2v) is 8.37. The van der Waals surface area contributed by atoms with E-state index in [0.717, 1.165) is 64.2 Å². The van der Waals surface area contributed by atoms with Crippen molar-refractivity contribution in [2.24, 2.45) is 10.9 Å². The summed E-state index contributed by atoms with van der Waals surface area (Å²) in [5.74, 6) is 1.77. The van der Waals surface area contributed by atoms with E-state index in [2.05, 4.69) is 53.4 Å². The van der Waals surface area contributed by atoms with E-state index in [-0.39, 0.29) is 29.4 Å². The molecule has 164 valence electrons. The molecule has 3 rings (SSSR count). The highest BCUT2D eigenvalue weighted by Gasteiger charge is 2.35. The monoisotopic (exact) mass is 515 g/mol. The molecule has 1 aromatic carbocycles. The Bertz CT molecular complexity index is 641. The number of nitrogens with one attached hydrogen (secondary N) is 1. The molecule has 1 N–H and O–H groups in total. The fourth-order valence-electron chi connectivity index (χ4n) is 4.62.